The van der Waals surface area contributed by atoms with Crippen molar-refractivity contribution in [2.75, 3.05) is 0 Å². The van der Waals surface area contributed by atoms with E-state index in [0.717, 1.165) is 30.3 Å². The minimum atomic E-state index is -0.338. The zero-order chi connectivity index (χ0) is 21.3. The second-order valence-electron chi connectivity index (χ2n) is 6.90. The Morgan fingerprint density at radius 2 is 1.77 bits per heavy atom. The Balaban J connectivity index is 1.66. The van der Waals surface area contributed by atoms with Crippen LogP contribution in [0.15, 0.2) is 48.5 Å². The second kappa shape index (κ2) is 10.6. The first-order valence-corrected chi connectivity index (χ1v) is 10.3. The number of hydrazine groups is 1. The third kappa shape index (κ3) is 5.97. The highest BCUT2D eigenvalue weighted by Gasteiger charge is 2.14. The van der Waals surface area contributed by atoms with Gasteiger partial charge in [-0.25, -0.2) is 4.98 Å². The number of halogens is 1. The fraction of sp³-hybridized carbons (Fsp3) is 0.318. The van der Waals surface area contributed by atoms with Crippen LogP contribution in [-0.4, -0.2) is 21.4 Å². The van der Waals surface area contributed by atoms with Gasteiger partial charge in [-0.2, -0.15) is 0 Å². The summed E-state index contributed by atoms with van der Waals surface area (Å²) in [6, 6.07) is 14.6. The minimum absolute atomic E-state index is 0.00899. The fourth-order valence-corrected chi connectivity index (χ4v) is 3.14. The first-order valence-electron chi connectivity index (χ1n) is 9.97. The summed E-state index contributed by atoms with van der Waals surface area (Å²) in [6.07, 6.45) is 3.21. The van der Waals surface area contributed by atoms with Crippen molar-refractivity contribution < 1.29 is 14.3 Å². The van der Waals surface area contributed by atoms with Crippen molar-refractivity contribution in [2.24, 2.45) is 0 Å². The lowest BCUT2D eigenvalue weighted by molar-refractivity contribution is -0.129. The number of benzene rings is 2. The average Bonchev–Trinajstić information content (AvgIpc) is 3.09. The number of rotatable bonds is 9. The Kier molecular flexibility index (Phi) is 7.68. The molecule has 0 spiro atoms. The molecule has 2 amide bonds. The van der Waals surface area contributed by atoms with Crippen LogP contribution in [0.1, 0.15) is 38.4 Å². The molecule has 1 aromatic heterocycles. The van der Waals surface area contributed by atoms with Gasteiger partial charge in [0.1, 0.15) is 24.7 Å². The standard InChI is InChI=1S/C22H25ClN4O3/c1-2-3-4-9-21(28)25-26-22(29)14-27-19-8-6-5-7-18(19)24-20(27)15-30-17-12-10-16(23)11-13-17/h5-8,10-13H,2-4,9,14-15H2,1H3,(H,25,28)(H,26,29). The molecule has 0 aliphatic heterocycles. The van der Waals surface area contributed by atoms with Crippen molar-refractivity contribution in [2.45, 2.75) is 45.8 Å². The molecule has 0 bridgehead atoms. The van der Waals surface area contributed by atoms with E-state index in [1.165, 1.54) is 0 Å². The van der Waals surface area contributed by atoms with E-state index in [0.29, 0.717) is 23.0 Å². The molecule has 3 aromatic rings. The molecule has 0 saturated carbocycles. The number of unbranched alkanes of at least 4 members (excludes halogenated alkanes) is 2. The SMILES string of the molecule is CCCCCC(=O)NNC(=O)Cn1c(COc2ccc(Cl)cc2)nc2ccccc21. The highest BCUT2D eigenvalue weighted by molar-refractivity contribution is 6.30. The number of para-hydroxylation sites is 2. The van der Waals surface area contributed by atoms with Crippen LogP contribution in [0.5, 0.6) is 5.75 Å². The summed E-state index contributed by atoms with van der Waals surface area (Å²) in [4.78, 5) is 28.8. The van der Waals surface area contributed by atoms with Gasteiger partial charge in [0.05, 0.1) is 11.0 Å². The van der Waals surface area contributed by atoms with Crippen molar-refractivity contribution in [3.63, 3.8) is 0 Å². The first kappa shape index (κ1) is 21.6. The molecule has 0 fully saturated rings. The van der Waals surface area contributed by atoms with Gasteiger partial charge in [0.15, 0.2) is 0 Å². The number of amides is 2. The lowest BCUT2D eigenvalue weighted by atomic mass is 10.2. The molecule has 0 radical (unpaired) electrons. The lowest BCUT2D eigenvalue weighted by Crippen LogP contribution is -2.43. The zero-order valence-electron chi connectivity index (χ0n) is 16.9. The molecule has 2 aromatic carbocycles. The molecule has 0 aliphatic carbocycles. The molecule has 1 heterocycles. The number of carbonyl (C=O) groups is 2. The van der Waals surface area contributed by atoms with Gasteiger partial charge in [-0.1, -0.05) is 43.5 Å². The van der Waals surface area contributed by atoms with Gasteiger partial charge in [-0.3, -0.25) is 20.4 Å². The van der Waals surface area contributed by atoms with Crippen molar-refractivity contribution in [1.82, 2.24) is 20.4 Å². The van der Waals surface area contributed by atoms with Crippen LogP contribution < -0.4 is 15.6 Å². The minimum Gasteiger partial charge on any atom is -0.486 e. The predicted molar refractivity (Wildman–Crippen MR) is 116 cm³/mol. The summed E-state index contributed by atoms with van der Waals surface area (Å²) in [5.41, 5.74) is 6.53. The van der Waals surface area contributed by atoms with Crippen LogP contribution in [0.25, 0.3) is 11.0 Å². The number of nitrogens with one attached hydrogen (secondary N) is 2. The summed E-state index contributed by atoms with van der Waals surface area (Å²) < 4.78 is 7.59. The predicted octanol–water partition coefficient (Wildman–Crippen LogP) is 4.00. The van der Waals surface area contributed by atoms with E-state index in [1.54, 1.807) is 28.8 Å². The summed E-state index contributed by atoms with van der Waals surface area (Å²) in [5.74, 6) is 0.727. The Morgan fingerprint density at radius 1 is 1.03 bits per heavy atom. The summed E-state index contributed by atoms with van der Waals surface area (Å²) in [5, 5.41) is 0.628. The van der Waals surface area contributed by atoms with Gasteiger partial charge in [0.2, 0.25) is 5.91 Å². The monoisotopic (exact) mass is 428 g/mol. The van der Waals surface area contributed by atoms with Crippen molar-refractivity contribution in [3.8, 4) is 5.75 Å². The quantitative estimate of drug-likeness (QED) is 0.398. The van der Waals surface area contributed by atoms with E-state index >= 15 is 0 Å². The normalized spacial score (nSPS) is 10.7. The smallest absolute Gasteiger partial charge is 0.258 e. The van der Waals surface area contributed by atoms with E-state index in [1.807, 2.05) is 24.3 Å². The van der Waals surface area contributed by atoms with E-state index < -0.39 is 0 Å². The molecule has 0 aliphatic rings. The number of carbonyl (C=O) groups excluding carboxylic acids is 2. The largest absolute Gasteiger partial charge is 0.486 e. The van der Waals surface area contributed by atoms with Gasteiger partial charge >= 0.3 is 0 Å². The summed E-state index contributed by atoms with van der Waals surface area (Å²) >= 11 is 5.91. The first-order chi connectivity index (χ1) is 14.6. The van der Waals surface area contributed by atoms with E-state index in [9.17, 15) is 9.59 Å². The number of imidazole rings is 1. The average molecular weight is 429 g/mol. The number of aromatic nitrogens is 2. The maximum Gasteiger partial charge on any atom is 0.258 e. The van der Waals surface area contributed by atoms with Crippen LogP contribution >= 0.6 is 11.6 Å². The van der Waals surface area contributed by atoms with Crippen LogP contribution in [0, 0.1) is 0 Å². The molecule has 0 saturated heterocycles. The molecular weight excluding hydrogens is 404 g/mol. The molecule has 30 heavy (non-hydrogen) atoms. The van der Waals surface area contributed by atoms with Gasteiger partial charge in [-0.05, 0) is 42.8 Å². The van der Waals surface area contributed by atoms with E-state index in [-0.39, 0.29) is 25.0 Å². The summed E-state index contributed by atoms with van der Waals surface area (Å²) in [7, 11) is 0. The molecule has 2 N–H and O–H groups in total. The topological polar surface area (TPSA) is 85.2 Å². The van der Waals surface area contributed by atoms with Crippen molar-refractivity contribution >= 4 is 34.4 Å². The number of hydrogen-bond acceptors (Lipinski definition) is 4. The Hall–Kier alpha value is -3.06. The fourth-order valence-electron chi connectivity index (χ4n) is 3.01. The van der Waals surface area contributed by atoms with Crippen molar-refractivity contribution in [3.05, 3.63) is 59.4 Å². The zero-order valence-corrected chi connectivity index (χ0v) is 17.6. The third-order valence-electron chi connectivity index (χ3n) is 4.57. The Bertz CT molecular complexity index is 1000. The Morgan fingerprint density at radius 3 is 2.53 bits per heavy atom. The molecule has 8 heteroatoms. The molecule has 158 valence electrons. The maximum atomic E-state index is 12.4. The summed E-state index contributed by atoms with van der Waals surface area (Å²) in [6.45, 7) is 2.27. The maximum absolute atomic E-state index is 12.4. The van der Waals surface area contributed by atoms with Crippen LogP contribution in [0.4, 0.5) is 0 Å². The second-order valence-corrected chi connectivity index (χ2v) is 7.34. The number of fused-ring (bicyclic) bond motifs is 1. The van der Waals surface area contributed by atoms with Crippen LogP contribution in [0.3, 0.4) is 0 Å². The lowest BCUT2D eigenvalue weighted by Gasteiger charge is -2.12. The van der Waals surface area contributed by atoms with E-state index in [4.69, 9.17) is 16.3 Å². The van der Waals surface area contributed by atoms with Crippen molar-refractivity contribution in [1.29, 1.82) is 0 Å². The number of ether oxygens (including phenoxy) is 1. The molecular formula is C22H25ClN4O3. The van der Waals surface area contributed by atoms with Gasteiger partial charge in [0.25, 0.3) is 5.91 Å². The number of nitrogens with zero attached hydrogens (tertiary/aromatic N) is 2. The third-order valence-corrected chi connectivity index (χ3v) is 4.82. The van der Waals surface area contributed by atoms with Gasteiger partial charge in [-0.15, -0.1) is 0 Å². The highest BCUT2D eigenvalue weighted by atomic mass is 35.5. The van der Waals surface area contributed by atoms with Crippen LogP contribution in [-0.2, 0) is 22.7 Å². The molecule has 0 unspecified atom stereocenters. The van der Waals surface area contributed by atoms with Gasteiger partial charge < -0.3 is 9.30 Å². The molecule has 0 atom stereocenters. The van der Waals surface area contributed by atoms with Gasteiger partial charge in [0, 0.05) is 11.4 Å². The highest BCUT2D eigenvalue weighted by Crippen LogP contribution is 2.20. The van der Waals surface area contributed by atoms with E-state index in [2.05, 4.69) is 22.8 Å². The molecule has 7 nitrogen and oxygen atoms in total. The number of hydrogen-bond donors (Lipinski definition) is 2. The van der Waals surface area contributed by atoms with Crippen LogP contribution in [0.2, 0.25) is 5.02 Å². The Labute approximate surface area is 180 Å². The molecule has 3 rings (SSSR count).